The van der Waals surface area contributed by atoms with Crippen LogP contribution in [0.3, 0.4) is 0 Å². The molecule has 0 bridgehead atoms. The SMILES string of the molecule is CN(CC1CCC1)S(=O)(=O)c1ccsc1CCl. The van der Waals surface area contributed by atoms with Gasteiger partial charge < -0.3 is 0 Å². The molecule has 2 rings (SSSR count). The average molecular weight is 294 g/mol. The molecule has 1 heterocycles. The Morgan fingerprint density at radius 3 is 2.76 bits per heavy atom. The van der Waals surface area contributed by atoms with Crippen LogP contribution in [-0.4, -0.2) is 26.3 Å². The topological polar surface area (TPSA) is 37.4 Å². The fourth-order valence-electron chi connectivity index (χ4n) is 1.96. The Kier molecular flexibility index (Phi) is 4.13. The fourth-order valence-corrected chi connectivity index (χ4v) is 4.88. The predicted octanol–water partition coefficient (Wildman–Crippen LogP) is 2.91. The lowest BCUT2D eigenvalue weighted by atomic mass is 9.86. The summed E-state index contributed by atoms with van der Waals surface area (Å²) in [5.74, 6) is 0.789. The zero-order chi connectivity index (χ0) is 12.5. The first-order chi connectivity index (χ1) is 8.05. The van der Waals surface area contributed by atoms with Crippen molar-refractivity contribution in [3.05, 3.63) is 16.3 Å². The second-order valence-corrected chi connectivity index (χ2v) is 7.71. The first-order valence-electron chi connectivity index (χ1n) is 5.64. The van der Waals surface area contributed by atoms with E-state index in [0.29, 0.717) is 17.4 Å². The molecule has 0 atom stereocenters. The molecule has 6 heteroatoms. The molecule has 0 amide bonds. The molecule has 1 aliphatic carbocycles. The van der Waals surface area contributed by atoms with E-state index in [9.17, 15) is 8.42 Å². The number of halogens is 1. The summed E-state index contributed by atoms with van der Waals surface area (Å²) < 4.78 is 26.1. The normalized spacial score (nSPS) is 17.4. The maximum atomic E-state index is 12.3. The second kappa shape index (κ2) is 5.26. The highest BCUT2D eigenvalue weighted by Crippen LogP contribution is 2.30. The van der Waals surface area contributed by atoms with E-state index in [-0.39, 0.29) is 5.88 Å². The van der Waals surface area contributed by atoms with Crippen molar-refractivity contribution in [3.63, 3.8) is 0 Å². The lowest BCUT2D eigenvalue weighted by Gasteiger charge is -2.29. The highest BCUT2D eigenvalue weighted by molar-refractivity contribution is 7.89. The van der Waals surface area contributed by atoms with Gasteiger partial charge in [0, 0.05) is 18.5 Å². The smallest absolute Gasteiger partial charge is 0.207 e. The summed E-state index contributed by atoms with van der Waals surface area (Å²) in [5.41, 5.74) is 0. The summed E-state index contributed by atoms with van der Waals surface area (Å²) in [6.45, 7) is 0.625. The van der Waals surface area contributed by atoms with Gasteiger partial charge in [0.15, 0.2) is 0 Å². The van der Waals surface area contributed by atoms with Crippen molar-refractivity contribution in [2.45, 2.75) is 30.0 Å². The van der Waals surface area contributed by atoms with Gasteiger partial charge in [0.05, 0.1) is 10.8 Å². The molecule has 0 N–H and O–H groups in total. The second-order valence-electron chi connectivity index (χ2n) is 4.42. The molecule has 96 valence electrons. The summed E-state index contributed by atoms with van der Waals surface area (Å²) in [6, 6.07) is 1.65. The monoisotopic (exact) mass is 293 g/mol. The Labute approximate surface area is 111 Å². The number of rotatable bonds is 5. The maximum absolute atomic E-state index is 12.3. The number of thiophene rings is 1. The molecule has 1 saturated carbocycles. The summed E-state index contributed by atoms with van der Waals surface area (Å²) >= 11 is 7.15. The van der Waals surface area contributed by atoms with E-state index in [4.69, 9.17) is 11.6 Å². The molecule has 1 fully saturated rings. The summed E-state index contributed by atoms with van der Waals surface area (Å²) in [7, 11) is -1.69. The lowest BCUT2D eigenvalue weighted by molar-refractivity contribution is 0.263. The van der Waals surface area contributed by atoms with Gasteiger partial charge in [0.25, 0.3) is 0 Å². The van der Waals surface area contributed by atoms with Gasteiger partial charge in [-0.2, -0.15) is 0 Å². The van der Waals surface area contributed by atoms with Gasteiger partial charge in [-0.1, -0.05) is 6.42 Å². The molecular formula is C11H16ClNO2S2. The molecule has 17 heavy (non-hydrogen) atoms. The Hall–Kier alpha value is -0.100. The van der Waals surface area contributed by atoms with Crippen LogP contribution in [0.1, 0.15) is 24.1 Å². The molecule has 0 saturated heterocycles. The first-order valence-corrected chi connectivity index (χ1v) is 8.50. The van der Waals surface area contributed by atoms with E-state index in [1.807, 2.05) is 0 Å². The highest BCUT2D eigenvalue weighted by atomic mass is 35.5. The van der Waals surface area contributed by atoms with Gasteiger partial charge in [-0.05, 0) is 30.2 Å². The summed E-state index contributed by atoms with van der Waals surface area (Å²) in [5, 5.41) is 1.78. The molecule has 0 radical (unpaired) electrons. The van der Waals surface area contributed by atoms with Gasteiger partial charge in [-0.3, -0.25) is 0 Å². The van der Waals surface area contributed by atoms with Crippen LogP contribution >= 0.6 is 22.9 Å². The molecule has 1 aromatic heterocycles. The van der Waals surface area contributed by atoms with Crippen LogP contribution < -0.4 is 0 Å². The maximum Gasteiger partial charge on any atom is 0.243 e. The third kappa shape index (κ3) is 2.67. The van der Waals surface area contributed by atoms with Gasteiger partial charge in [-0.15, -0.1) is 22.9 Å². The Bertz CT molecular complexity index is 479. The van der Waals surface area contributed by atoms with Crippen molar-refractivity contribution in [1.82, 2.24) is 4.31 Å². The molecule has 1 aliphatic rings. The third-order valence-corrected chi connectivity index (χ3v) is 6.64. The van der Waals surface area contributed by atoms with Crippen molar-refractivity contribution in [3.8, 4) is 0 Å². The van der Waals surface area contributed by atoms with E-state index in [1.165, 1.54) is 22.1 Å². The number of nitrogens with zero attached hydrogens (tertiary/aromatic N) is 1. The molecule has 0 aromatic carbocycles. The average Bonchev–Trinajstić information content (AvgIpc) is 2.71. The van der Waals surface area contributed by atoms with E-state index in [1.54, 1.807) is 18.5 Å². The number of alkyl halides is 1. The van der Waals surface area contributed by atoms with Gasteiger partial charge in [0.1, 0.15) is 0 Å². The van der Waals surface area contributed by atoms with E-state index in [0.717, 1.165) is 17.7 Å². The van der Waals surface area contributed by atoms with Gasteiger partial charge in [0.2, 0.25) is 10.0 Å². The molecular weight excluding hydrogens is 278 g/mol. The molecule has 0 unspecified atom stereocenters. The zero-order valence-corrected chi connectivity index (χ0v) is 12.1. The summed E-state index contributed by atoms with van der Waals surface area (Å²) in [4.78, 5) is 1.10. The number of sulfonamides is 1. The Balaban J connectivity index is 2.16. The van der Waals surface area contributed by atoms with Crippen molar-refractivity contribution in [2.24, 2.45) is 5.92 Å². The van der Waals surface area contributed by atoms with Gasteiger partial charge in [-0.25, -0.2) is 12.7 Å². The van der Waals surface area contributed by atoms with Crippen LogP contribution in [-0.2, 0) is 15.9 Å². The third-order valence-electron chi connectivity index (χ3n) is 3.25. The van der Waals surface area contributed by atoms with Crippen molar-refractivity contribution in [2.75, 3.05) is 13.6 Å². The minimum Gasteiger partial charge on any atom is -0.207 e. The lowest BCUT2D eigenvalue weighted by Crippen LogP contribution is -2.34. The minimum absolute atomic E-state index is 0.253. The van der Waals surface area contributed by atoms with Crippen molar-refractivity contribution < 1.29 is 8.42 Å². The van der Waals surface area contributed by atoms with Crippen molar-refractivity contribution in [1.29, 1.82) is 0 Å². The molecule has 0 spiro atoms. The molecule has 1 aromatic rings. The molecule has 3 nitrogen and oxygen atoms in total. The Morgan fingerprint density at radius 1 is 1.53 bits per heavy atom. The Morgan fingerprint density at radius 2 is 2.24 bits per heavy atom. The van der Waals surface area contributed by atoms with E-state index in [2.05, 4.69) is 0 Å². The standard InChI is InChI=1S/C11H16ClNO2S2/c1-13(8-9-3-2-4-9)17(14,15)11-5-6-16-10(11)7-12/h5-6,9H,2-4,7-8H2,1H3. The number of hydrogen-bond acceptors (Lipinski definition) is 3. The molecule has 0 aliphatic heterocycles. The first kappa shape index (κ1) is 13.3. The largest absolute Gasteiger partial charge is 0.243 e. The predicted molar refractivity (Wildman–Crippen MR) is 71.0 cm³/mol. The van der Waals surface area contributed by atoms with Gasteiger partial charge >= 0.3 is 0 Å². The van der Waals surface area contributed by atoms with Crippen molar-refractivity contribution >= 4 is 33.0 Å². The minimum atomic E-state index is -3.35. The van der Waals surface area contributed by atoms with E-state index >= 15 is 0 Å². The summed E-state index contributed by atoms with van der Waals surface area (Å²) in [6.07, 6.45) is 3.52. The van der Waals surface area contributed by atoms with Crippen LogP contribution in [0.5, 0.6) is 0 Å². The van der Waals surface area contributed by atoms with Crippen LogP contribution in [0.2, 0.25) is 0 Å². The zero-order valence-electron chi connectivity index (χ0n) is 9.73. The van der Waals surface area contributed by atoms with Crippen LogP contribution in [0.15, 0.2) is 16.3 Å². The quantitative estimate of drug-likeness (QED) is 0.783. The fraction of sp³-hybridized carbons (Fsp3) is 0.636. The van der Waals surface area contributed by atoms with Crippen LogP contribution in [0.4, 0.5) is 0 Å². The number of hydrogen-bond donors (Lipinski definition) is 0. The van der Waals surface area contributed by atoms with Crippen LogP contribution in [0, 0.1) is 5.92 Å². The highest BCUT2D eigenvalue weighted by Gasteiger charge is 2.28. The van der Waals surface area contributed by atoms with Crippen LogP contribution in [0.25, 0.3) is 0 Å². The van der Waals surface area contributed by atoms with E-state index < -0.39 is 10.0 Å².